The van der Waals surface area contributed by atoms with E-state index in [1.807, 2.05) is 0 Å². The molecule has 0 aromatic rings. The van der Waals surface area contributed by atoms with Gasteiger partial charge in [-0.2, -0.15) is 0 Å². The topological polar surface area (TPSA) is 24.5 Å². The smallest absolute Gasteiger partial charge is 0.111 e. The van der Waals surface area contributed by atoms with Gasteiger partial charge in [0.15, 0.2) is 0 Å². The number of nitrogens with one attached hydrogen (secondary N) is 1. The number of rotatable bonds is 8. The quantitative estimate of drug-likeness (QED) is 0.732. The highest BCUT2D eigenvalue weighted by molar-refractivity contribution is 5.15. The Bertz CT molecular complexity index is 286. The second kappa shape index (κ2) is 7.91. The monoisotopic (exact) mass is 268 g/mol. The molecule has 0 amide bonds. The van der Waals surface area contributed by atoms with E-state index in [9.17, 15) is 0 Å². The first kappa shape index (κ1) is 16.5. The lowest BCUT2D eigenvalue weighted by molar-refractivity contribution is 0.0495. The van der Waals surface area contributed by atoms with Crippen molar-refractivity contribution in [3.05, 3.63) is 11.8 Å². The highest BCUT2D eigenvalue weighted by atomic mass is 16.5. The minimum absolute atomic E-state index is 0.114. The van der Waals surface area contributed by atoms with Crippen LogP contribution in [0.3, 0.4) is 0 Å². The second-order valence-corrected chi connectivity index (χ2v) is 5.47. The molecule has 0 spiro atoms. The molecule has 2 unspecified atom stereocenters. The Morgan fingerprint density at radius 1 is 1.32 bits per heavy atom. The maximum Gasteiger partial charge on any atom is 0.111 e. The van der Waals surface area contributed by atoms with Crippen molar-refractivity contribution >= 4 is 0 Å². The maximum absolute atomic E-state index is 5.95. The lowest BCUT2D eigenvalue weighted by Crippen LogP contribution is -2.60. The number of nitrogens with zero attached hydrogens (tertiary/aromatic N) is 1. The summed E-state index contributed by atoms with van der Waals surface area (Å²) in [7, 11) is 0. The van der Waals surface area contributed by atoms with Crippen LogP contribution in [0.15, 0.2) is 11.8 Å². The van der Waals surface area contributed by atoms with Gasteiger partial charge in [-0.1, -0.05) is 27.7 Å². The molecular formula is C16H32N2O. The normalized spacial score (nSPS) is 20.6. The summed E-state index contributed by atoms with van der Waals surface area (Å²) in [6.07, 6.45) is 5.70. The van der Waals surface area contributed by atoms with E-state index in [0.29, 0.717) is 6.04 Å². The number of hydrogen-bond acceptors (Lipinski definition) is 3. The van der Waals surface area contributed by atoms with Crippen LogP contribution in [0.5, 0.6) is 0 Å². The van der Waals surface area contributed by atoms with Crippen molar-refractivity contribution in [2.45, 2.75) is 65.5 Å². The molecule has 0 fully saturated rings. The van der Waals surface area contributed by atoms with Crippen LogP contribution >= 0.6 is 0 Å². The van der Waals surface area contributed by atoms with Gasteiger partial charge in [-0.15, -0.1) is 0 Å². The average Bonchev–Trinajstić information content (AvgIpc) is 2.46. The molecule has 0 aromatic heterocycles. The Hall–Kier alpha value is -0.540. The van der Waals surface area contributed by atoms with Crippen LogP contribution < -0.4 is 5.32 Å². The van der Waals surface area contributed by atoms with Gasteiger partial charge in [0.25, 0.3) is 0 Å². The third-order valence-corrected chi connectivity index (χ3v) is 4.48. The van der Waals surface area contributed by atoms with Gasteiger partial charge >= 0.3 is 0 Å². The minimum atomic E-state index is 0.114. The fourth-order valence-electron chi connectivity index (χ4n) is 3.17. The van der Waals surface area contributed by atoms with Gasteiger partial charge in [-0.25, -0.2) is 0 Å². The van der Waals surface area contributed by atoms with Gasteiger partial charge in [-0.05, 0) is 51.9 Å². The SMILES string of the molecule is CCNC(C1=CCCCO1)C(C)(CC)N(CC)CC. The van der Waals surface area contributed by atoms with Gasteiger partial charge in [0, 0.05) is 5.54 Å². The van der Waals surface area contributed by atoms with E-state index in [1.165, 1.54) is 0 Å². The van der Waals surface area contributed by atoms with E-state index < -0.39 is 0 Å². The molecule has 1 heterocycles. The Balaban J connectivity index is 3.01. The molecule has 3 nitrogen and oxygen atoms in total. The molecule has 0 aromatic carbocycles. The zero-order chi connectivity index (χ0) is 14.3. The van der Waals surface area contributed by atoms with E-state index in [4.69, 9.17) is 4.74 Å². The number of hydrogen-bond donors (Lipinski definition) is 1. The fourth-order valence-corrected chi connectivity index (χ4v) is 3.17. The van der Waals surface area contributed by atoms with Crippen LogP contribution in [-0.4, -0.2) is 42.7 Å². The van der Waals surface area contributed by atoms with Crippen molar-refractivity contribution in [1.29, 1.82) is 0 Å². The summed E-state index contributed by atoms with van der Waals surface area (Å²) in [4.78, 5) is 2.55. The van der Waals surface area contributed by atoms with Crippen molar-refractivity contribution in [2.24, 2.45) is 0 Å². The fraction of sp³-hybridized carbons (Fsp3) is 0.875. The van der Waals surface area contributed by atoms with Crippen LogP contribution in [0, 0.1) is 0 Å². The summed E-state index contributed by atoms with van der Waals surface area (Å²) in [5.74, 6) is 1.16. The lowest BCUT2D eigenvalue weighted by atomic mass is 9.85. The van der Waals surface area contributed by atoms with Crippen LogP contribution in [-0.2, 0) is 4.74 Å². The summed E-state index contributed by atoms with van der Waals surface area (Å²) in [5.41, 5.74) is 0.114. The molecule has 1 aliphatic rings. The van der Waals surface area contributed by atoms with Crippen molar-refractivity contribution in [1.82, 2.24) is 10.2 Å². The van der Waals surface area contributed by atoms with Crippen LogP contribution in [0.4, 0.5) is 0 Å². The highest BCUT2D eigenvalue weighted by Gasteiger charge is 2.39. The van der Waals surface area contributed by atoms with E-state index in [1.54, 1.807) is 0 Å². The molecular weight excluding hydrogens is 236 g/mol. The molecule has 3 heteroatoms. The first-order chi connectivity index (χ1) is 9.13. The predicted octanol–water partition coefficient (Wildman–Crippen LogP) is 3.17. The van der Waals surface area contributed by atoms with E-state index in [0.717, 1.165) is 51.3 Å². The largest absolute Gasteiger partial charge is 0.497 e. The summed E-state index contributed by atoms with van der Waals surface area (Å²) < 4.78 is 5.95. The lowest BCUT2D eigenvalue weighted by Gasteiger charge is -2.46. The molecule has 0 aliphatic carbocycles. The van der Waals surface area contributed by atoms with Gasteiger partial charge in [-0.3, -0.25) is 4.90 Å². The van der Waals surface area contributed by atoms with Gasteiger partial charge in [0.2, 0.25) is 0 Å². The van der Waals surface area contributed by atoms with Crippen LogP contribution in [0.2, 0.25) is 0 Å². The summed E-state index contributed by atoms with van der Waals surface area (Å²) in [6, 6.07) is 0.294. The Kier molecular flexibility index (Phi) is 6.87. The third kappa shape index (κ3) is 3.73. The van der Waals surface area contributed by atoms with Crippen molar-refractivity contribution in [3.63, 3.8) is 0 Å². The zero-order valence-electron chi connectivity index (χ0n) is 13.5. The Morgan fingerprint density at radius 2 is 2.00 bits per heavy atom. The first-order valence-corrected chi connectivity index (χ1v) is 7.95. The number of allylic oxidation sites excluding steroid dienone is 1. The maximum atomic E-state index is 5.95. The Labute approximate surface area is 119 Å². The standard InChI is InChI=1S/C16H32N2O/c1-6-16(5,18(8-3)9-4)15(17-7-2)14-12-10-11-13-19-14/h12,15,17H,6-11,13H2,1-5H3. The van der Waals surface area contributed by atoms with Crippen molar-refractivity contribution < 1.29 is 4.74 Å². The average molecular weight is 268 g/mol. The highest BCUT2D eigenvalue weighted by Crippen LogP contribution is 2.30. The molecule has 19 heavy (non-hydrogen) atoms. The molecule has 1 N–H and O–H groups in total. The first-order valence-electron chi connectivity index (χ1n) is 7.95. The summed E-state index contributed by atoms with van der Waals surface area (Å²) >= 11 is 0. The van der Waals surface area contributed by atoms with Crippen LogP contribution in [0.1, 0.15) is 53.9 Å². The third-order valence-electron chi connectivity index (χ3n) is 4.48. The number of likely N-dealkylation sites (N-methyl/N-ethyl adjacent to an activating group) is 2. The van der Waals surface area contributed by atoms with Crippen LogP contribution in [0.25, 0.3) is 0 Å². The van der Waals surface area contributed by atoms with E-state index in [2.05, 4.69) is 50.9 Å². The van der Waals surface area contributed by atoms with Crippen molar-refractivity contribution in [2.75, 3.05) is 26.2 Å². The molecule has 0 radical (unpaired) electrons. The van der Waals surface area contributed by atoms with Gasteiger partial charge in [0.05, 0.1) is 12.6 Å². The predicted molar refractivity (Wildman–Crippen MR) is 82.4 cm³/mol. The molecule has 2 atom stereocenters. The number of ether oxygens (including phenoxy) is 1. The summed E-state index contributed by atoms with van der Waals surface area (Å²) in [6.45, 7) is 15.3. The molecule has 0 saturated heterocycles. The van der Waals surface area contributed by atoms with E-state index >= 15 is 0 Å². The van der Waals surface area contributed by atoms with Crippen molar-refractivity contribution in [3.8, 4) is 0 Å². The molecule has 1 rings (SSSR count). The minimum Gasteiger partial charge on any atom is -0.497 e. The molecule has 0 bridgehead atoms. The van der Waals surface area contributed by atoms with Gasteiger partial charge in [0.1, 0.15) is 5.76 Å². The Morgan fingerprint density at radius 3 is 2.42 bits per heavy atom. The molecule has 1 aliphatic heterocycles. The molecule has 0 saturated carbocycles. The van der Waals surface area contributed by atoms with E-state index in [-0.39, 0.29) is 5.54 Å². The summed E-state index contributed by atoms with van der Waals surface area (Å²) in [5, 5.41) is 3.66. The second-order valence-electron chi connectivity index (χ2n) is 5.47. The van der Waals surface area contributed by atoms with Gasteiger partial charge < -0.3 is 10.1 Å². The zero-order valence-corrected chi connectivity index (χ0v) is 13.5. The molecule has 112 valence electrons.